The first-order chi connectivity index (χ1) is 17.4. The molecule has 36 heavy (non-hydrogen) atoms. The van der Waals surface area contributed by atoms with Crippen molar-refractivity contribution in [3.63, 3.8) is 0 Å². The number of fused-ring (bicyclic) bond motifs is 1. The van der Waals surface area contributed by atoms with Crippen LogP contribution in [0.2, 0.25) is 0 Å². The van der Waals surface area contributed by atoms with Crippen molar-refractivity contribution in [3.8, 4) is 0 Å². The SMILES string of the molecule is CCOP(=O)(OCC)[C@H](O)[C@H](Cc1ccc(Cc2ccccc2)cc1)N1C(=O)c2ccccc2C1=O. The van der Waals surface area contributed by atoms with E-state index in [9.17, 15) is 19.3 Å². The van der Waals surface area contributed by atoms with Gasteiger partial charge in [-0.05, 0) is 55.5 Å². The lowest BCUT2D eigenvalue weighted by atomic mass is 10.00. The summed E-state index contributed by atoms with van der Waals surface area (Å²) >= 11 is 0. The minimum absolute atomic E-state index is 0.0390. The third kappa shape index (κ3) is 5.35. The molecule has 1 aliphatic heterocycles. The lowest BCUT2D eigenvalue weighted by Crippen LogP contribution is -2.48. The molecule has 1 heterocycles. The largest absolute Gasteiger partial charge is 0.379 e. The number of aliphatic hydroxyl groups is 1. The zero-order chi connectivity index (χ0) is 25.7. The fraction of sp³-hybridized carbons (Fsp3) is 0.286. The molecule has 0 bridgehead atoms. The molecule has 2 atom stereocenters. The molecular formula is C28H30NO6P. The number of hydrogen-bond acceptors (Lipinski definition) is 6. The van der Waals surface area contributed by atoms with Gasteiger partial charge in [0.25, 0.3) is 11.8 Å². The van der Waals surface area contributed by atoms with E-state index in [4.69, 9.17) is 9.05 Å². The Kier molecular flexibility index (Phi) is 8.17. The van der Waals surface area contributed by atoms with E-state index in [1.165, 1.54) is 5.56 Å². The maximum Gasteiger partial charge on any atom is 0.361 e. The Hall–Kier alpha value is -3.09. The summed E-state index contributed by atoms with van der Waals surface area (Å²) < 4.78 is 24.3. The summed E-state index contributed by atoms with van der Waals surface area (Å²) in [6.07, 6.45) is 0.845. The average molecular weight is 508 g/mol. The van der Waals surface area contributed by atoms with Gasteiger partial charge < -0.3 is 14.2 Å². The van der Waals surface area contributed by atoms with Crippen LogP contribution in [0.25, 0.3) is 0 Å². The number of aliphatic hydroxyl groups excluding tert-OH is 1. The number of imide groups is 1. The number of nitrogens with zero attached hydrogens (tertiary/aromatic N) is 1. The maximum absolute atomic E-state index is 13.5. The van der Waals surface area contributed by atoms with Crippen molar-refractivity contribution in [2.75, 3.05) is 13.2 Å². The molecular weight excluding hydrogens is 477 g/mol. The second-order valence-corrected chi connectivity index (χ2v) is 10.7. The predicted octanol–water partition coefficient (Wildman–Crippen LogP) is 5.07. The molecule has 2 amide bonds. The topological polar surface area (TPSA) is 93.1 Å². The van der Waals surface area contributed by atoms with Crippen molar-refractivity contribution >= 4 is 19.4 Å². The Morgan fingerprint density at radius 3 is 1.75 bits per heavy atom. The molecule has 4 rings (SSSR count). The molecule has 7 nitrogen and oxygen atoms in total. The molecule has 1 aliphatic rings. The van der Waals surface area contributed by atoms with Gasteiger partial charge in [0.1, 0.15) is 0 Å². The molecule has 188 valence electrons. The van der Waals surface area contributed by atoms with Gasteiger partial charge in [-0.15, -0.1) is 0 Å². The summed E-state index contributed by atoms with van der Waals surface area (Å²) in [5.74, 6) is -2.80. The van der Waals surface area contributed by atoms with Crippen LogP contribution in [-0.2, 0) is 26.5 Å². The van der Waals surface area contributed by atoms with E-state index >= 15 is 0 Å². The predicted molar refractivity (Wildman–Crippen MR) is 137 cm³/mol. The smallest absolute Gasteiger partial charge is 0.361 e. The van der Waals surface area contributed by atoms with Crippen molar-refractivity contribution < 1.29 is 28.3 Å². The van der Waals surface area contributed by atoms with Crippen LogP contribution in [0.3, 0.4) is 0 Å². The first kappa shape index (κ1) is 26.0. The summed E-state index contributed by atoms with van der Waals surface area (Å²) in [7, 11) is -4.05. The van der Waals surface area contributed by atoms with Crippen LogP contribution >= 0.6 is 7.60 Å². The summed E-state index contributed by atoms with van der Waals surface area (Å²) in [4.78, 5) is 27.5. The van der Waals surface area contributed by atoms with Crippen LogP contribution in [-0.4, -0.2) is 46.9 Å². The molecule has 8 heteroatoms. The fourth-order valence-corrected chi connectivity index (χ4v) is 6.23. The molecule has 1 N–H and O–H groups in total. The van der Waals surface area contributed by atoms with Gasteiger partial charge in [0.15, 0.2) is 5.85 Å². The number of amides is 2. The standard InChI is InChI=1S/C28H30NO6P/c1-3-34-36(33,35-4-2)28(32)25(29-26(30)23-12-8-9-13-24(23)27(29)31)19-22-16-14-21(15-17-22)18-20-10-6-5-7-11-20/h5-17,25,28,32H,3-4,18-19H2,1-2H3/t25-,28-/m0/s1. The normalized spacial score (nSPS) is 15.1. The van der Waals surface area contributed by atoms with E-state index in [0.29, 0.717) is 0 Å². The van der Waals surface area contributed by atoms with Gasteiger partial charge in [0.05, 0.1) is 30.4 Å². The van der Waals surface area contributed by atoms with Crippen LogP contribution in [0.4, 0.5) is 0 Å². The number of carbonyl (C=O) groups excluding carboxylic acids is 2. The van der Waals surface area contributed by atoms with Crippen molar-refractivity contribution in [1.82, 2.24) is 4.90 Å². The van der Waals surface area contributed by atoms with Crippen LogP contribution in [0.5, 0.6) is 0 Å². The molecule has 0 saturated heterocycles. The van der Waals surface area contributed by atoms with Crippen molar-refractivity contribution in [2.45, 2.75) is 38.6 Å². The molecule has 0 saturated carbocycles. The Morgan fingerprint density at radius 1 is 0.750 bits per heavy atom. The average Bonchev–Trinajstić information content (AvgIpc) is 3.14. The molecule has 0 unspecified atom stereocenters. The van der Waals surface area contributed by atoms with E-state index in [1.54, 1.807) is 38.1 Å². The highest BCUT2D eigenvalue weighted by molar-refractivity contribution is 7.54. The summed E-state index contributed by atoms with van der Waals surface area (Å²) in [6, 6.07) is 23.1. The van der Waals surface area contributed by atoms with Gasteiger partial charge in [-0.25, -0.2) is 0 Å². The fourth-order valence-electron chi connectivity index (χ4n) is 4.47. The molecule has 0 radical (unpaired) electrons. The van der Waals surface area contributed by atoms with E-state index in [0.717, 1.165) is 22.4 Å². The van der Waals surface area contributed by atoms with E-state index in [1.807, 2.05) is 42.5 Å². The number of benzene rings is 3. The minimum Gasteiger partial charge on any atom is -0.379 e. The van der Waals surface area contributed by atoms with Crippen molar-refractivity contribution in [2.24, 2.45) is 0 Å². The lowest BCUT2D eigenvalue weighted by molar-refractivity contribution is 0.0414. The van der Waals surface area contributed by atoms with Gasteiger partial charge >= 0.3 is 7.60 Å². The van der Waals surface area contributed by atoms with Crippen molar-refractivity contribution in [3.05, 3.63) is 107 Å². The number of carbonyl (C=O) groups is 2. The van der Waals surface area contributed by atoms with Gasteiger partial charge in [-0.3, -0.25) is 19.1 Å². The van der Waals surface area contributed by atoms with Crippen LogP contribution in [0.15, 0.2) is 78.9 Å². The maximum atomic E-state index is 13.5. The van der Waals surface area contributed by atoms with Gasteiger partial charge in [-0.2, -0.15) is 0 Å². The Morgan fingerprint density at radius 2 is 1.22 bits per heavy atom. The van der Waals surface area contributed by atoms with Gasteiger partial charge in [0, 0.05) is 0 Å². The summed E-state index contributed by atoms with van der Waals surface area (Å²) in [5, 5.41) is 11.3. The highest BCUT2D eigenvalue weighted by atomic mass is 31.2. The number of rotatable bonds is 11. The zero-order valence-electron chi connectivity index (χ0n) is 20.4. The summed E-state index contributed by atoms with van der Waals surface area (Å²) in [5.41, 5.74) is 3.55. The second kappa shape index (κ2) is 11.3. The minimum atomic E-state index is -4.05. The van der Waals surface area contributed by atoms with Crippen LogP contribution in [0.1, 0.15) is 51.3 Å². The van der Waals surface area contributed by atoms with Gasteiger partial charge in [0.2, 0.25) is 0 Å². The molecule has 0 spiro atoms. The van der Waals surface area contributed by atoms with E-state index in [-0.39, 0.29) is 30.8 Å². The summed E-state index contributed by atoms with van der Waals surface area (Å²) in [6.45, 7) is 3.36. The third-order valence-corrected chi connectivity index (χ3v) is 8.39. The molecule has 0 fully saturated rings. The van der Waals surface area contributed by atoms with Crippen LogP contribution < -0.4 is 0 Å². The second-order valence-electron chi connectivity index (χ2n) is 8.57. The lowest BCUT2D eigenvalue weighted by Gasteiger charge is -2.33. The molecule has 0 aliphatic carbocycles. The highest BCUT2D eigenvalue weighted by Crippen LogP contribution is 2.54. The number of hydrogen-bond donors (Lipinski definition) is 1. The van der Waals surface area contributed by atoms with E-state index in [2.05, 4.69) is 12.1 Å². The van der Waals surface area contributed by atoms with Crippen LogP contribution in [0, 0.1) is 0 Å². The molecule has 3 aromatic rings. The first-order valence-corrected chi connectivity index (χ1v) is 13.6. The monoisotopic (exact) mass is 507 g/mol. The highest BCUT2D eigenvalue weighted by Gasteiger charge is 2.49. The Labute approximate surface area is 211 Å². The Balaban J connectivity index is 1.65. The molecule has 3 aromatic carbocycles. The first-order valence-electron chi connectivity index (χ1n) is 12.0. The van der Waals surface area contributed by atoms with E-state index < -0.39 is 31.3 Å². The van der Waals surface area contributed by atoms with Gasteiger partial charge in [-0.1, -0.05) is 66.7 Å². The quantitative estimate of drug-likeness (QED) is 0.288. The Bertz CT molecular complexity index is 1220. The third-order valence-electron chi connectivity index (χ3n) is 6.16. The zero-order valence-corrected chi connectivity index (χ0v) is 21.3. The molecule has 0 aromatic heterocycles. The van der Waals surface area contributed by atoms with Crippen molar-refractivity contribution in [1.29, 1.82) is 0 Å².